The number of aryl methyl sites for hydroxylation is 1. The molecule has 33 heavy (non-hydrogen) atoms. The van der Waals surface area contributed by atoms with Crippen LogP contribution >= 0.6 is 23.4 Å². The molecule has 0 saturated carbocycles. The van der Waals surface area contributed by atoms with E-state index in [2.05, 4.69) is 5.32 Å². The van der Waals surface area contributed by atoms with Gasteiger partial charge in [-0.2, -0.15) is 0 Å². The first-order chi connectivity index (χ1) is 15.7. The molecule has 3 amide bonds. The highest BCUT2D eigenvalue weighted by atomic mass is 35.5. The number of carbonyl (C=O) groups is 3. The van der Waals surface area contributed by atoms with Gasteiger partial charge in [-0.15, -0.1) is 0 Å². The highest BCUT2D eigenvalue weighted by molar-refractivity contribution is 8.18. The first kappa shape index (κ1) is 24.7. The number of methoxy groups -OCH3 is 1. The molecule has 1 heterocycles. The van der Waals surface area contributed by atoms with Gasteiger partial charge in [0.25, 0.3) is 11.1 Å². The minimum absolute atomic E-state index is 0.0309. The van der Waals surface area contributed by atoms with Crippen LogP contribution in [0.1, 0.15) is 31.4 Å². The van der Waals surface area contributed by atoms with Crippen LogP contribution in [-0.2, 0) is 9.59 Å². The predicted molar refractivity (Wildman–Crippen MR) is 131 cm³/mol. The van der Waals surface area contributed by atoms with Crippen molar-refractivity contribution in [1.29, 1.82) is 0 Å². The van der Waals surface area contributed by atoms with E-state index in [9.17, 15) is 14.4 Å². The minimum atomic E-state index is -0.527. The number of carbonyl (C=O) groups excluding carboxylic acids is 3. The Balaban J connectivity index is 1.71. The molecular weight excluding hydrogens is 464 g/mol. The Morgan fingerprint density at radius 2 is 1.97 bits per heavy atom. The smallest absolute Gasteiger partial charge is 0.294 e. The molecule has 0 aromatic heterocycles. The first-order valence-electron chi connectivity index (χ1n) is 10.4. The van der Waals surface area contributed by atoms with Crippen molar-refractivity contribution in [2.75, 3.05) is 19.0 Å². The Kier molecular flexibility index (Phi) is 8.05. The maximum Gasteiger partial charge on any atom is 0.294 e. The third-order valence-electron chi connectivity index (χ3n) is 5.02. The van der Waals surface area contributed by atoms with Crippen molar-refractivity contribution in [3.05, 3.63) is 57.5 Å². The van der Waals surface area contributed by atoms with Gasteiger partial charge in [-0.05, 0) is 73.5 Å². The van der Waals surface area contributed by atoms with E-state index in [1.54, 1.807) is 42.5 Å². The average molecular weight is 489 g/mol. The number of amides is 3. The lowest BCUT2D eigenvalue weighted by atomic mass is 10.1. The molecule has 1 aliphatic heterocycles. The summed E-state index contributed by atoms with van der Waals surface area (Å²) in [5, 5.41) is 2.66. The topological polar surface area (TPSA) is 84.9 Å². The Morgan fingerprint density at radius 1 is 1.21 bits per heavy atom. The summed E-state index contributed by atoms with van der Waals surface area (Å²) in [6.45, 7) is 5.45. The standard InChI is InChI=1S/C24H25ClN2O5S/c1-5-15(3)32-19-9-7-16(10-20(19)31-4)11-21-23(29)27(24(30)33-21)13-22(28)26-17-8-6-14(2)18(25)12-17/h6-12,15H,5,13H2,1-4H3,(H,26,28)/b21-11-/t15-/m0/s1. The van der Waals surface area contributed by atoms with Crippen LogP contribution in [0.5, 0.6) is 11.5 Å². The zero-order chi connectivity index (χ0) is 24.1. The van der Waals surface area contributed by atoms with Crippen molar-refractivity contribution in [3.63, 3.8) is 0 Å². The van der Waals surface area contributed by atoms with Crippen LogP contribution in [0.4, 0.5) is 10.5 Å². The summed E-state index contributed by atoms with van der Waals surface area (Å²) in [6, 6.07) is 10.4. The summed E-state index contributed by atoms with van der Waals surface area (Å²) in [7, 11) is 1.54. The van der Waals surface area contributed by atoms with Gasteiger partial charge in [0.1, 0.15) is 6.54 Å². The van der Waals surface area contributed by atoms with E-state index in [-0.39, 0.29) is 11.0 Å². The van der Waals surface area contributed by atoms with Gasteiger partial charge in [-0.3, -0.25) is 19.3 Å². The largest absolute Gasteiger partial charge is 0.493 e. The number of benzene rings is 2. The zero-order valence-electron chi connectivity index (χ0n) is 18.8. The van der Waals surface area contributed by atoms with Gasteiger partial charge in [-0.25, -0.2) is 0 Å². The fourth-order valence-electron chi connectivity index (χ4n) is 2.97. The van der Waals surface area contributed by atoms with Gasteiger partial charge in [0.05, 0.1) is 18.1 Å². The number of thioether (sulfide) groups is 1. The molecule has 174 valence electrons. The molecule has 2 aromatic rings. The van der Waals surface area contributed by atoms with Crippen molar-refractivity contribution in [1.82, 2.24) is 4.90 Å². The highest BCUT2D eigenvalue weighted by Crippen LogP contribution is 2.35. The molecule has 0 bridgehead atoms. The van der Waals surface area contributed by atoms with Crippen molar-refractivity contribution in [3.8, 4) is 11.5 Å². The molecule has 9 heteroatoms. The number of hydrogen-bond acceptors (Lipinski definition) is 6. The van der Waals surface area contributed by atoms with Crippen molar-refractivity contribution >= 4 is 52.2 Å². The average Bonchev–Trinajstić information content (AvgIpc) is 3.04. The molecule has 3 rings (SSSR count). The molecular formula is C24H25ClN2O5S. The van der Waals surface area contributed by atoms with E-state index < -0.39 is 23.6 Å². The summed E-state index contributed by atoms with van der Waals surface area (Å²) in [5.41, 5.74) is 2.04. The number of anilines is 1. The van der Waals surface area contributed by atoms with E-state index in [1.807, 2.05) is 20.8 Å². The number of nitrogens with one attached hydrogen (secondary N) is 1. The van der Waals surface area contributed by atoms with Crippen LogP contribution in [-0.4, -0.2) is 41.7 Å². The minimum Gasteiger partial charge on any atom is -0.493 e. The monoisotopic (exact) mass is 488 g/mol. The fourth-order valence-corrected chi connectivity index (χ4v) is 3.99. The number of hydrogen-bond donors (Lipinski definition) is 1. The third kappa shape index (κ3) is 6.09. The molecule has 1 fully saturated rings. The number of ether oxygens (including phenoxy) is 2. The maximum absolute atomic E-state index is 12.8. The Labute approximate surface area is 202 Å². The number of imide groups is 1. The molecule has 0 radical (unpaired) electrons. The van der Waals surface area contributed by atoms with Crippen molar-refractivity contribution in [2.45, 2.75) is 33.3 Å². The zero-order valence-corrected chi connectivity index (χ0v) is 20.4. The summed E-state index contributed by atoms with van der Waals surface area (Å²) in [5.74, 6) is 0.108. The van der Waals surface area contributed by atoms with Crippen LogP contribution in [0.15, 0.2) is 41.3 Å². The fraction of sp³-hybridized carbons (Fsp3) is 0.292. The lowest BCUT2D eigenvalue weighted by molar-refractivity contribution is -0.127. The van der Waals surface area contributed by atoms with E-state index in [0.29, 0.717) is 27.8 Å². The molecule has 1 N–H and O–H groups in total. The van der Waals surface area contributed by atoms with Crippen LogP contribution in [0.2, 0.25) is 5.02 Å². The summed E-state index contributed by atoms with van der Waals surface area (Å²) >= 11 is 6.86. The number of nitrogens with zero attached hydrogens (tertiary/aromatic N) is 1. The van der Waals surface area contributed by atoms with E-state index in [1.165, 1.54) is 7.11 Å². The lowest BCUT2D eigenvalue weighted by Gasteiger charge is -2.15. The van der Waals surface area contributed by atoms with Gasteiger partial charge >= 0.3 is 0 Å². The second-order valence-corrected chi connectivity index (χ2v) is 8.93. The van der Waals surface area contributed by atoms with E-state index in [0.717, 1.165) is 28.6 Å². The summed E-state index contributed by atoms with van der Waals surface area (Å²) in [4.78, 5) is 38.7. The van der Waals surface area contributed by atoms with Crippen LogP contribution in [0.25, 0.3) is 6.08 Å². The Morgan fingerprint density at radius 3 is 2.64 bits per heavy atom. The maximum atomic E-state index is 12.8. The van der Waals surface area contributed by atoms with Gasteiger partial charge < -0.3 is 14.8 Å². The second kappa shape index (κ2) is 10.8. The molecule has 0 spiro atoms. The Hall–Kier alpha value is -2.97. The van der Waals surface area contributed by atoms with Crippen LogP contribution in [0.3, 0.4) is 0 Å². The normalized spacial score (nSPS) is 15.7. The molecule has 1 aliphatic rings. The molecule has 0 unspecified atom stereocenters. The van der Waals surface area contributed by atoms with Crippen molar-refractivity contribution in [2.24, 2.45) is 0 Å². The third-order valence-corrected chi connectivity index (χ3v) is 6.33. The van der Waals surface area contributed by atoms with Gasteiger partial charge in [0.15, 0.2) is 11.5 Å². The molecule has 0 aliphatic carbocycles. The quantitative estimate of drug-likeness (QED) is 0.493. The molecule has 7 nitrogen and oxygen atoms in total. The number of rotatable bonds is 8. The van der Waals surface area contributed by atoms with Crippen molar-refractivity contribution < 1.29 is 23.9 Å². The summed E-state index contributed by atoms with van der Waals surface area (Å²) in [6.07, 6.45) is 2.48. The van der Waals surface area contributed by atoms with Gasteiger partial charge in [-0.1, -0.05) is 30.7 Å². The van der Waals surface area contributed by atoms with Crippen LogP contribution < -0.4 is 14.8 Å². The molecule has 1 atom stereocenters. The first-order valence-corrected chi connectivity index (χ1v) is 11.6. The van der Waals surface area contributed by atoms with E-state index in [4.69, 9.17) is 21.1 Å². The van der Waals surface area contributed by atoms with Gasteiger partial charge in [0.2, 0.25) is 5.91 Å². The SMILES string of the molecule is CC[C@H](C)Oc1ccc(/C=C2\SC(=O)N(CC(=O)Nc3ccc(C)c(Cl)c3)C2=O)cc1OC. The van der Waals surface area contributed by atoms with Crippen LogP contribution in [0, 0.1) is 6.92 Å². The summed E-state index contributed by atoms with van der Waals surface area (Å²) < 4.78 is 11.2. The van der Waals surface area contributed by atoms with E-state index >= 15 is 0 Å². The predicted octanol–water partition coefficient (Wildman–Crippen LogP) is 5.51. The van der Waals surface area contributed by atoms with Gasteiger partial charge in [0, 0.05) is 10.7 Å². The second-order valence-electron chi connectivity index (χ2n) is 7.53. The number of halogens is 1. The Bertz CT molecular complexity index is 1120. The molecule has 2 aromatic carbocycles. The lowest BCUT2D eigenvalue weighted by Crippen LogP contribution is -2.36. The highest BCUT2D eigenvalue weighted by Gasteiger charge is 2.36. The molecule has 1 saturated heterocycles.